The first kappa shape index (κ1) is 14.8. The Morgan fingerprint density at radius 1 is 1.43 bits per heavy atom. The fourth-order valence-corrected chi connectivity index (χ4v) is 4.56. The van der Waals surface area contributed by atoms with E-state index in [1.807, 2.05) is 6.07 Å². The Bertz CT molecular complexity index is 701. The molecule has 2 heterocycles. The number of benzene rings is 1. The van der Waals surface area contributed by atoms with Crippen LogP contribution in [0.15, 0.2) is 23.1 Å². The zero-order valence-electron chi connectivity index (χ0n) is 11.1. The van der Waals surface area contributed by atoms with Gasteiger partial charge >= 0.3 is 0 Å². The molecule has 112 valence electrons. The molecule has 6 nitrogen and oxygen atoms in total. The molecule has 2 aliphatic heterocycles. The van der Waals surface area contributed by atoms with Crippen molar-refractivity contribution in [2.24, 2.45) is 0 Å². The Morgan fingerprint density at radius 2 is 2.24 bits per heavy atom. The van der Waals surface area contributed by atoms with Gasteiger partial charge in [0.25, 0.3) is 0 Å². The van der Waals surface area contributed by atoms with Crippen molar-refractivity contribution in [3.63, 3.8) is 0 Å². The van der Waals surface area contributed by atoms with Gasteiger partial charge in [0, 0.05) is 19.6 Å². The first-order valence-electron chi connectivity index (χ1n) is 6.58. The molecule has 0 aromatic heterocycles. The Morgan fingerprint density at radius 3 is 3.00 bits per heavy atom. The number of sulfonamides is 1. The van der Waals surface area contributed by atoms with Crippen LogP contribution in [0.3, 0.4) is 0 Å². The van der Waals surface area contributed by atoms with Gasteiger partial charge in [0.1, 0.15) is 6.07 Å². The predicted molar refractivity (Wildman–Crippen MR) is 76.5 cm³/mol. The Balaban J connectivity index is 1.98. The lowest BCUT2D eigenvalue weighted by Gasteiger charge is -2.35. The molecule has 0 amide bonds. The van der Waals surface area contributed by atoms with Gasteiger partial charge < -0.3 is 10.1 Å². The van der Waals surface area contributed by atoms with E-state index in [0.29, 0.717) is 26.2 Å². The van der Waals surface area contributed by atoms with Crippen molar-refractivity contribution in [3.05, 3.63) is 28.8 Å². The Labute approximate surface area is 128 Å². The lowest BCUT2D eigenvalue weighted by molar-refractivity contribution is -0.0149. The Hall–Kier alpha value is -1.17. The van der Waals surface area contributed by atoms with Gasteiger partial charge in [0.05, 0.1) is 34.2 Å². The number of nitriles is 1. The van der Waals surface area contributed by atoms with E-state index >= 15 is 0 Å². The summed E-state index contributed by atoms with van der Waals surface area (Å²) < 4.78 is 32.6. The molecule has 0 bridgehead atoms. The van der Waals surface area contributed by atoms with Crippen molar-refractivity contribution >= 4 is 21.6 Å². The standard InChI is InChI=1S/C13H14ClN3O3S/c14-11-2-1-10(5-9(11)6-15)21(18,19)17-3-4-20-13-8-16-7-12(13)17/h1-2,5,12-13,16H,3-4,7-8H2/t12-,13+/m1/s1. The second-order valence-electron chi connectivity index (χ2n) is 5.00. The number of nitrogens with one attached hydrogen (secondary N) is 1. The van der Waals surface area contributed by atoms with Crippen LogP contribution >= 0.6 is 11.6 Å². The molecule has 1 aromatic carbocycles. The minimum atomic E-state index is -3.66. The van der Waals surface area contributed by atoms with Crippen LogP contribution in [-0.2, 0) is 14.8 Å². The van der Waals surface area contributed by atoms with Crippen molar-refractivity contribution in [1.82, 2.24) is 9.62 Å². The molecule has 2 atom stereocenters. The van der Waals surface area contributed by atoms with Crippen LogP contribution in [0, 0.1) is 11.3 Å². The lowest BCUT2D eigenvalue weighted by Crippen LogP contribution is -2.53. The van der Waals surface area contributed by atoms with Crippen molar-refractivity contribution < 1.29 is 13.2 Å². The van der Waals surface area contributed by atoms with Gasteiger partial charge in [-0.1, -0.05) is 11.6 Å². The maximum Gasteiger partial charge on any atom is 0.243 e. The number of nitrogens with zero attached hydrogens (tertiary/aromatic N) is 2. The normalized spacial score (nSPS) is 26.3. The van der Waals surface area contributed by atoms with Gasteiger partial charge in [-0.2, -0.15) is 9.57 Å². The summed E-state index contributed by atoms with van der Waals surface area (Å²) in [6.45, 7) is 1.92. The highest BCUT2D eigenvalue weighted by molar-refractivity contribution is 7.89. The van der Waals surface area contributed by atoms with Crippen LogP contribution in [0.5, 0.6) is 0 Å². The maximum absolute atomic E-state index is 12.8. The summed E-state index contributed by atoms with van der Waals surface area (Å²) in [4.78, 5) is 0.0935. The van der Waals surface area contributed by atoms with E-state index in [2.05, 4.69) is 5.32 Å². The monoisotopic (exact) mass is 327 g/mol. The van der Waals surface area contributed by atoms with E-state index in [-0.39, 0.29) is 27.6 Å². The third-order valence-corrected chi connectivity index (χ3v) is 6.06. The number of ether oxygens (including phenoxy) is 1. The molecule has 1 N–H and O–H groups in total. The zero-order valence-corrected chi connectivity index (χ0v) is 12.7. The predicted octanol–water partition coefficient (Wildman–Crippen LogP) is 0.573. The van der Waals surface area contributed by atoms with Gasteiger partial charge in [-0.3, -0.25) is 0 Å². The average molecular weight is 328 g/mol. The van der Waals surface area contributed by atoms with Gasteiger partial charge in [0.2, 0.25) is 10.0 Å². The van der Waals surface area contributed by atoms with Crippen LogP contribution in [0.2, 0.25) is 5.02 Å². The summed E-state index contributed by atoms with van der Waals surface area (Å²) in [5.74, 6) is 0. The van der Waals surface area contributed by atoms with Crippen molar-refractivity contribution in [1.29, 1.82) is 5.26 Å². The van der Waals surface area contributed by atoms with Crippen molar-refractivity contribution in [2.75, 3.05) is 26.2 Å². The van der Waals surface area contributed by atoms with Crippen LogP contribution in [0.25, 0.3) is 0 Å². The number of morpholine rings is 1. The molecule has 3 rings (SSSR count). The molecule has 8 heteroatoms. The minimum absolute atomic E-state index is 0.0935. The number of hydrogen-bond acceptors (Lipinski definition) is 5. The third kappa shape index (κ3) is 2.54. The zero-order chi connectivity index (χ0) is 15.0. The first-order valence-corrected chi connectivity index (χ1v) is 8.39. The minimum Gasteiger partial charge on any atom is -0.374 e. The van der Waals surface area contributed by atoms with E-state index in [1.54, 1.807) is 0 Å². The van der Waals surface area contributed by atoms with Gasteiger partial charge in [-0.05, 0) is 18.2 Å². The maximum atomic E-state index is 12.8. The highest BCUT2D eigenvalue weighted by Gasteiger charge is 2.42. The van der Waals surface area contributed by atoms with Crippen LogP contribution in [0.4, 0.5) is 0 Å². The molecule has 1 aromatic rings. The van der Waals surface area contributed by atoms with Crippen LogP contribution in [-0.4, -0.2) is 51.1 Å². The second kappa shape index (κ2) is 5.55. The highest BCUT2D eigenvalue weighted by Crippen LogP contribution is 2.27. The molecule has 2 aliphatic rings. The summed E-state index contributed by atoms with van der Waals surface area (Å²) in [7, 11) is -3.66. The number of fused-ring (bicyclic) bond motifs is 1. The van der Waals surface area contributed by atoms with Crippen molar-refractivity contribution in [2.45, 2.75) is 17.0 Å². The molecule has 0 saturated carbocycles. The topological polar surface area (TPSA) is 82.4 Å². The average Bonchev–Trinajstić information content (AvgIpc) is 2.95. The summed E-state index contributed by atoms with van der Waals surface area (Å²) in [5, 5.41) is 12.4. The summed E-state index contributed by atoms with van der Waals surface area (Å²) in [5.41, 5.74) is 0.159. The smallest absolute Gasteiger partial charge is 0.243 e. The van der Waals surface area contributed by atoms with Gasteiger partial charge in [-0.25, -0.2) is 8.42 Å². The summed E-state index contributed by atoms with van der Waals surface area (Å²) >= 11 is 5.86. The van der Waals surface area contributed by atoms with Gasteiger partial charge in [0.15, 0.2) is 0 Å². The quantitative estimate of drug-likeness (QED) is 0.859. The van der Waals surface area contributed by atoms with E-state index < -0.39 is 10.0 Å². The molecule has 21 heavy (non-hydrogen) atoms. The van der Waals surface area contributed by atoms with E-state index in [9.17, 15) is 8.42 Å². The fraction of sp³-hybridized carbons (Fsp3) is 0.462. The molecule has 0 spiro atoms. The second-order valence-corrected chi connectivity index (χ2v) is 7.30. The Kier molecular flexibility index (Phi) is 3.90. The van der Waals surface area contributed by atoms with E-state index in [1.165, 1.54) is 22.5 Å². The van der Waals surface area contributed by atoms with Crippen LogP contribution in [0.1, 0.15) is 5.56 Å². The molecular formula is C13H14ClN3O3S. The number of halogens is 1. The molecule has 2 fully saturated rings. The fourth-order valence-electron chi connectivity index (χ4n) is 2.74. The number of hydrogen-bond donors (Lipinski definition) is 1. The summed E-state index contributed by atoms with van der Waals surface area (Å²) in [6, 6.07) is 5.90. The SMILES string of the molecule is N#Cc1cc(S(=O)(=O)N2CCO[C@H]3CNC[C@H]32)ccc1Cl. The first-order chi connectivity index (χ1) is 10.0. The molecule has 0 radical (unpaired) electrons. The van der Waals surface area contributed by atoms with E-state index in [0.717, 1.165) is 0 Å². The molecular weight excluding hydrogens is 314 g/mol. The van der Waals surface area contributed by atoms with Crippen molar-refractivity contribution in [3.8, 4) is 6.07 Å². The number of rotatable bonds is 2. The van der Waals surface area contributed by atoms with Gasteiger partial charge in [-0.15, -0.1) is 0 Å². The molecule has 0 unspecified atom stereocenters. The highest BCUT2D eigenvalue weighted by atomic mass is 35.5. The largest absolute Gasteiger partial charge is 0.374 e. The lowest BCUT2D eigenvalue weighted by atomic mass is 10.2. The third-order valence-electron chi connectivity index (χ3n) is 3.81. The summed E-state index contributed by atoms with van der Waals surface area (Å²) in [6.07, 6.45) is -0.115. The molecule has 0 aliphatic carbocycles. The van der Waals surface area contributed by atoms with Crippen LogP contribution < -0.4 is 5.32 Å². The molecule has 2 saturated heterocycles. The van der Waals surface area contributed by atoms with E-state index in [4.69, 9.17) is 21.6 Å².